The molecule has 0 aromatic heterocycles. The zero-order valence-electron chi connectivity index (χ0n) is 14.2. The molecule has 6 nitrogen and oxygen atoms in total. The van der Waals surface area contributed by atoms with Gasteiger partial charge in [-0.2, -0.15) is 0 Å². The SMILES string of the molecule is OCC1CCCC(Oc2cc(O)cc(C=Cc3ccc(O)c(O)c3)c2)O1. The van der Waals surface area contributed by atoms with Crippen LogP contribution in [0.15, 0.2) is 36.4 Å². The van der Waals surface area contributed by atoms with Crippen molar-refractivity contribution >= 4 is 12.2 Å². The molecule has 2 aromatic rings. The van der Waals surface area contributed by atoms with Crippen LogP contribution >= 0.6 is 0 Å². The van der Waals surface area contributed by atoms with Crippen LogP contribution in [0.4, 0.5) is 0 Å². The number of phenols is 3. The summed E-state index contributed by atoms with van der Waals surface area (Å²) in [5, 5.41) is 38.0. The van der Waals surface area contributed by atoms with Crippen LogP contribution in [0.25, 0.3) is 12.2 Å². The summed E-state index contributed by atoms with van der Waals surface area (Å²) in [5.74, 6) is 0.163. The molecule has 26 heavy (non-hydrogen) atoms. The molecule has 2 unspecified atom stereocenters. The van der Waals surface area contributed by atoms with Crippen molar-refractivity contribution in [3.8, 4) is 23.0 Å². The van der Waals surface area contributed by atoms with E-state index in [2.05, 4.69) is 0 Å². The summed E-state index contributed by atoms with van der Waals surface area (Å²) in [7, 11) is 0. The highest BCUT2D eigenvalue weighted by Crippen LogP contribution is 2.29. The minimum absolute atomic E-state index is 0.0344. The predicted molar refractivity (Wildman–Crippen MR) is 97.0 cm³/mol. The minimum atomic E-state index is -0.450. The predicted octanol–water partition coefficient (Wildman–Crippen LogP) is 3.24. The van der Waals surface area contributed by atoms with Gasteiger partial charge in [0.1, 0.15) is 11.5 Å². The Balaban J connectivity index is 1.72. The van der Waals surface area contributed by atoms with E-state index in [1.807, 2.05) is 0 Å². The number of hydrogen-bond acceptors (Lipinski definition) is 6. The highest BCUT2D eigenvalue weighted by Gasteiger charge is 2.23. The summed E-state index contributed by atoms with van der Waals surface area (Å²) in [4.78, 5) is 0. The van der Waals surface area contributed by atoms with Crippen LogP contribution in [0.5, 0.6) is 23.0 Å². The Morgan fingerprint density at radius 1 is 0.962 bits per heavy atom. The molecule has 0 spiro atoms. The van der Waals surface area contributed by atoms with E-state index in [9.17, 15) is 20.4 Å². The van der Waals surface area contributed by atoms with Crippen LogP contribution in [0.2, 0.25) is 0 Å². The first-order valence-electron chi connectivity index (χ1n) is 8.50. The Labute approximate surface area is 151 Å². The number of phenolic OH excluding ortho intramolecular Hbond substituents is 3. The fourth-order valence-electron chi connectivity index (χ4n) is 2.84. The van der Waals surface area contributed by atoms with E-state index >= 15 is 0 Å². The lowest BCUT2D eigenvalue weighted by Gasteiger charge is -2.29. The minimum Gasteiger partial charge on any atom is -0.508 e. The van der Waals surface area contributed by atoms with Crippen LogP contribution < -0.4 is 4.74 Å². The summed E-state index contributed by atoms with van der Waals surface area (Å²) in [6.07, 6.45) is 5.29. The Morgan fingerprint density at radius 2 is 1.77 bits per heavy atom. The number of aromatic hydroxyl groups is 3. The lowest BCUT2D eigenvalue weighted by molar-refractivity contribution is -0.158. The molecule has 138 valence electrons. The van der Waals surface area contributed by atoms with Gasteiger partial charge < -0.3 is 29.9 Å². The van der Waals surface area contributed by atoms with E-state index in [-0.39, 0.29) is 30.0 Å². The smallest absolute Gasteiger partial charge is 0.200 e. The molecule has 0 amide bonds. The van der Waals surface area contributed by atoms with Gasteiger partial charge in [-0.25, -0.2) is 0 Å². The summed E-state index contributed by atoms with van der Waals surface area (Å²) in [6, 6.07) is 9.37. The van der Waals surface area contributed by atoms with Crippen molar-refractivity contribution in [2.45, 2.75) is 31.7 Å². The lowest BCUT2D eigenvalue weighted by Crippen LogP contribution is -2.33. The third kappa shape index (κ3) is 4.68. The number of ether oxygens (including phenoxy) is 2. The zero-order valence-corrected chi connectivity index (χ0v) is 14.2. The standard InChI is InChI=1S/C20H22O6/c21-12-16-2-1-3-20(25-16)26-17-9-14(8-15(22)11-17)5-4-13-6-7-18(23)19(24)10-13/h4-11,16,20-24H,1-3,12H2. The number of benzene rings is 2. The van der Waals surface area contributed by atoms with Gasteiger partial charge in [-0.3, -0.25) is 0 Å². The normalized spacial score (nSPS) is 20.3. The van der Waals surface area contributed by atoms with Gasteiger partial charge >= 0.3 is 0 Å². The topological polar surface area (TPSA) is 99.4 Å². The molecule has 1 heterocycles. The van der Waals surface area contributed by atoms with E-state index in [0.29, 0.717) is 16.9 Å². The second kappa shape index (κ2) is 8.12. The van der Waals surface area contributed by atoms with Crippen LogP contribution in [0.3, 0.4) is 0 Å². The first kappa shape index (κ1) is 18.1. The van der Waals surface area contributed by atoms with Crippen molar-refractivity contribution in [2.75, 3.05) is 6.61 Å². The number of aliphatic hydroxyl groups is 1. The molecule has 0 aliphatic carbocycles. The molecule has 6 heteroatoms. The van der Waals surface area contributed by atoms with Gasteiger partial charge in [0.15, 0.2) is 17.8 Å². The Morgan fingerprint density at radius 3 is 2.54 bits per heavy atom. The lowest BCUT2D eigenvalue weighted by atomic mass is 10.1. The van der Waals surface area contributed by atoms with Crippen molar-refractivity contribution < 1.29 is 29.9 Å². The number of aliphatic hydroxyl groups excluding tert-OH is 1. The molecule has 1 aliphatic heterocycles. The van der Waals surface area contributed by atoms with Crippen molar-refractivity contribution in [3.05, 3.63) is 47.5 Å². The fourth-order valence-corrected chi connectivity index (χ4v) is 2.84. The first-order valence-corrected chi connectivity index (χ1v) is 8.50. The monoisotopic (exact) mass is 358 g/mol. The molecule has 3 rings (SSSR count). The van der Waals surface area contributed by atoms with E-state index < -0.39 is 6.29 Å². The molecule has 0 bridgehead atoms. The zero-order chi connectivity index (χ0) is 18.5. The summed E-state index contributed by atoms with van der Waals surface area (Å²) in [5.41, 5.74) is 1.41. The van der Waals surface area contributed by atoms with Crippen LogP contribution in [0, 0.1) is 0 Å². The second-order valence-corrected chi connectivity index (χ2v) is 6.26. The van der Waals surface area contributed by atoms with E-state index in [0.717, 1.165) is 19.3 Å². The highest BCUT2D eigenvalue weighted by molar-refractivity contribution is 5.72. The highest BCUT2D eigenvalue weighted by atomic mass is 16.7. The Hall–Kier alpha value is -2.70. The summed E-state index contributed by atoms with van der Waals surface area (Å²) in [6.45, 7) is -0.0344. The Kier molecular flexibility index (Phi) is 5.65. The average Bonchev–Trinajstić information content (AvgIpc) is 2.62. The fraction of sp³-hybridized carbons (Fsp3) is 0.300. The molecule has 0 radical (unpaired) electrons. The Bertz CT molecular complexity index is 786. The quantitative estimate of drug-likeness (QED) is 0.484. The second-order valence-electron chi connectivity index (χ2n) is 6.26. The maximum Gasteiger partial charge on any atom is 0.200 e. The van der Waals surface area contributed by atoms with E-state index in [4.69, 9.17) is 9.47 Å². The molecule has 4 N–H and O–H groups in total. The molecule has 2 atom stereocenters. The first-order chi connectivity index (χ1) is 12.5. The third-order valence-corrected chi connectivity index (χ3v) is 4.16. The van der Waals surface area contributed by atoms with Crippen molar-refractivity contribution in [1.29, 1.82) is 0 Å². The number of hydrogen-bond donors (Lipinski definition) is 4. The van der Waals surface area contributed by atoms with Crippen molar-refractivity contribution in [2.24, 2.45) is 0 Å². The van der Waals surface area contributed by atoms with Gasteiger partial charge in [0, 0.05) is 12.5 Å². The molecule has 1 fully saturated rings. The molecule has 2 aromatic carbocycles. The van der Waals surface area contributed by atoms with Gasteiger partial charge in [0.05, 0.1) is 12.7 Å². The van der Waals surface area contributed by atoms with Gasteiger partial charge in [0.25, 0.3) is 0 Å². The van der Waals surface area contributed by atoms with Gasteiger partial charge in [-0.1, -0.05) is 18.2 Å². The summed E-state index contributed by atoms with van der Waals surface area (Å²) < 4.78 is 11.4. The maximum absolute atomic E-state index is 9.93. The van der Waals surface area contributed by atoms with Crippen LogP contribution in [0.1, 0.15) is 30.4 Å². The summed E-state index contributed by atoms with van der Waals surface area (Å²) >= 11 is 0. The molecule has 1 aliphatic rings. The largest absolute Gasteiger partial charge is 0.508 e. The van der Waals surface area contributed by atoms with Crippen LogP contribution in [-0.2, 0) is 4.74 Å². The van der Waals surface area contributed by atoms with E-state index in [1.54, 1.807) is 30.4 Å². The molecule has 0 saturated carbocycles. The van der Waals surface area contributed by atoms with Gasteiger partial charge in [-0.05, 0) is 48.2 Å². The third-order valence-electron chi connectivity index (χ3n) is 4.16. The van der Waals surface area contributed by atoms with Crippen LogP contribution in [-0.4, -0.2) is 39.4 Å². The van der Waals surface area contributed by atoms with Crippen molar-refractivity contribution in [3.63, 3.8) is 0 Å². The van der Waals surface area contributed by atoms with Crippen molar-refractivity contribution in [1.82, 2.24) is 0 Å². The molecule has 1 saturated heterocycles. The number of rotatable bonds is 5. The van der Waals surface area contributed by atoms with Gasteiger partial charge in [-0.15, -0.1) is 0 Å². The van der Waals surface area contributed by atoms with Gasteiger partial charge in [0.2, 0.25) is 0 Å². The van der Waals surface area contributed by atoms with E-state index in [1.165, 1.54) is 18.2 Å². The maximum atomic E-state index is 9.93. The molecular weight excluding hydrogens is 336 g/mol. The average molecular weight is 358 g/mol. The molecular formula is C20H22O6.